The van der Waals surface area contributed by atoms with Gasteiger partial charge in [0.1, 0.15) is 0 Å². The van der Waals surface area contributed by atoms with E-state index < -0.39 is 0 Å². The van der Waals surface area contributed by atoms with E-state index in [-0.39, 0.29) is 12.1 Å². The lowest BCUT2D eigenvalue weighted by Crippen LogP contribution is -2.47. The highest BCUT2D eigenvalue weighted by atomic mass is 16.5. The zero-order valence-electron chi connectivity index (χ0n) is 13.0. The number of nitrogens with one attached hydrogen (secondary N) is 1. The van der Waals surface area contributed by atoms with Gasteiger partial charge in [-0.15, -0.1) is 0 Å². The van der Waals surface area contributed by atoms with Gasteiger partial charge in [-0.2, -0.15) is 0 Å². The summed E-state index contributed by atoms with van der Waals surface area (Å²) < 4.78 is 10.9. The van der Waals surface area contributed by atoms with Crippen molar-refractivity contribution >= 4 is 0 Å². The number of hydrogen-bond donors (Lipinski definition) is 2. The predicted octanol–water partition coefficient (Wildman–Crippen LogP) is 2.73. The second kappa shape index (κ2) is 8.12. The molecule has 20 heavy (non-hydrogen) atoms. The Morgan fingerprint density at radius 1 is 1.15 bits per heavy atom. The normalized spacial score (nSPS) is 11.4. The van der Waals surface area contributed by atoms with Crippen LogP contribution < -0.4 is 14.8 Å². The van der Waals surface area contributed by atoms with E-state index in [0.29, 0.717) is 13.2 Å². The van der Waals surface area contributed by atoms with Crippen LogP contribution in [0.3, 0.4) is 0 Å². The summed E-state index contributed by atoms with van der Waals surface area (Å²) in [6.07, 6.45) is 1.79. The van der Waals surface area contributed by atoms with Crippen LogP contribution in [-0.2, 0) is 6.54 Å². The van der Waals surface area contributed by atoms with Crippen LogP contribution in [0.5, 0.6) is 11.5 Å². The largest absolute Gasteiger partial charge is 0.493 e. The fraction of sp³-hybridized carbons (Fsp3) is 0.625. The van der Waals surface area contributed by atoms with Crippen molar-refractivity contribution in [3.8, 4) is 11.5 Å². The number of aliphatic hydroxyl groups is 1. The van der Waals surface area contributed by atoms with E-state index in [9.17, 15) is 5.11 Å². The van der Waals surface area contributed by atoms with Crippen LogP contribution in [0.4, 0.5) is 0 Å². The molecule has 0 aliphatic carbocycles. The SMILES string of the molecule is CCOc1ccc(CNC(CC)(CC)CO)cc1OC. The molecule has 4 heteroatoms. The molecule has 1 aromatic carbocycles. The van der Waals surface area contributed by atoms with Gasteiger partial charge in [-0.3, -0.25) is 0 Å². The Hall–Kier alpha value is -1.26. The Bertz CT molecular complexity index is 394. The topological polar surface area (TPSA) is 50.7 Å². The second-order valence-electron chi connectivity index (χ2n) is 4.92. The van der Waals surface area contributed by atoms with Gasteiger partial charge in [0.25, 0.3) is 0 Å². The van der Waals surface area contributed by atoms with Crippen LogP contribution in [0.1, 0.15) is 39.2 Å². The van der Waals surface area contributed by atoms with E-state index in [1.807, 2.05) is 25.1 Å². The van der Waals surface area contributed by atoms with Crippen LogP contribution in [-0.4, -0.2) is 31.0 Å². The first-order valence-electron chi connectivity index (χ1n) is 7.30. The predicted molar refractivity (Wildman–Crippen MR) is 81.4 cm³/mol. The Kier molecular flexibility index (Phi) is 6.82. The summed E-state index contributed by atoms with van der Waals surface area (Å²) in [4.78, 5) is 0. The summed E-state index contributed by atoms with van der Waals surface area (Å²) >= 11 is 0. The van der Waals surface area contributed by atoms with Crippen LogP contribution in [0, 0.1) is 0 Å². The standard InChI is InChI=1S/C16H27NO3/c1-5-16(6-2,12-18)17-11-13-8-9-14(20-7-3)15(10-13)19-4/h8-10,17-18H,5-7,11-12H2,1-4H3. The van der Waals surface area contributed by atoms with Crippen LogP contribution in [0.2, 0.25) is 0 Å². The third kappa shape index (κ3) is 4.12. The molecule has 0 aromatic heterocycles. The molecule has 0 radical (unpaired) electrons. The Morgan fingerprint density at radius 2 is 1.85 bits per heavy atom. The van der Waals surface area contributed by atoms with Crippen molar-refractivity contribution in [3.05, 3.63) is 23.8 Å². The van der Waals surface area contributed by atoms with Crippen molar-refractivity contribution < 1.29 is 14.6 Å². The number of benzene rings is 1. The highest BCUT2D eigenvalue weighted by Crippen LogP contribution is 2.28. The lowest BCUT2D eigenvalue weighted by molar-refractivity contribution is 0.149. The van der Waals surface area contributed by atoms with Gasteiger partial charge in [0, 0.05) is 12.1 Å². The van der Waals surface area contributed by atoms with Crippen molar-refractivity contribution in [2.75, 3.05) is 20.3 Å². The first-order chi connectivity index (χ1) is 9.64. The maximum atomic E-state index is 9.56. The smallest absolute Gasteiger partial charge is 0.161 e. The van der Waals surface area contributed by atoms with Crippen molar-refractivity contribution in [2.45, 2.75) is 45.7 Å². The highest BCUT2D eigenvalue weighted by Gasteiger charge is 2.24. The van der Waals surface area contributed by atoms with Crippen LogP contribution in [0.15, 0.2) is 18.2 Å². The van der Waals surface area contributed by atoms with E-state index >= 15 is 0 Å². The molecule has 0 aliphatic heterocycles. The monoisotopic (exact) mass is 281 g/mol. The van der Waals surface area contributed by atoms with Gasteiger partial charge >= 0.3 is 0 Å². The van der Waals surface area contributed by atoms with Crippen LogP contribution in [0.25, 0.3) is 0 Å². The van der Waals surface area contributed by atoms with E-state index in [1.54, 1.807) is 7.11 Å². The molecular formula is C16H27NO3. The molecule has 0 spiro atoms. The molecule has 0 saturated carbocycles. The molecule has 4 nitrogen and oxygen atoms in total. The number of methoxy groups -OCH3 is 1. The molecule has 0 bridgehead atoms. The third-order valence-electron chi connectivity index (χ3n) is 3.85. The average molecular weight is 281 g/mol. The van der Waals surface area contributed by atoms with Gasteiger partial charge in [-0.1, -0.05) is 19.9 Å². The van der Waals surface area contributed by atoms with Gasteiger partial charge < -0.3 is 19.9 Å². The van der Waals surface area contributed by atoms with E-state index in [0.717, 1.165) is 29.9 Å². The summed E-state index contributed by atoms with van der Waals surface area (Å²) in [7, 11) is 1.64. The average Bonchev–Trinajstić information content (AvgIpc) is 2.50. The molecule has 0 atom stereocenters. The van der Waals surface area contributed by atoms with Gasteiger partial charge in [-0.05, 0) is 37.5 Å². The van der Waals surface area contributed by atoms with Gasteiger partial charge in [0.05, 0.1) is 20.3 Å². The number of rotatable bonds is 9. The third-order valence-corrected chi connectivity index (χ3v) is 3.85. The van der Waals surface area contributed by atoms with E-state index in [1.165, 1.54) is 0 Å². The first kappa shape index (κ1) is 16.8. The highest BCUT2D eigenvalue weighted by molar-refractivity contribution is 5.43. The van der Waals surface area contributed by atoms with Crippen molar-refractivity contribution in [1.82, 2.24) is 5.32 Å². The van der Waals surface area contributed by atoms with Crippen LogP contribution >= 0.6 is 0 Å². The molecule has 0 heterocycles. The maximum absolute atomic E-state index is 9.56. The lowest BCUT2D eigenvalue weighted by atomic mass is 9.93. The lowest BCUT2D eigenvalue weighted by Gasteiger charge is -2.31. The fourth-order valence-electron chi connectivity index (χ4n) is 2.17. The van der Waals surface area contributed by atoms with Crippen molar-refractivity contribution in [1.29, 1.82) is 0 Å². The van der Waals surface area contributed by atoms with Crippen molar-refractivity contribution in [3.63, 3.8) is 0 Å². The molecule has 114 valence electrons. The summed E-state index contributed by atoms with van der Waals surface area (Å²) in [6, 6.07) is 5.93. The molecule has 0 aliphatic rings. The molecule has 0 amide bonds. The molecule has 2 N–H and O–H groups in total. The van der Waals surface area contributed by atoms with Gasteiger partial charge in [0.2, 0.25) is 0 Å². The zero-order chi connectivity index (χ0) is 15.0. The Labute approximate surface area is 122 Å². The quantitative estimate of drug-likeness (QED) is 0.731. The Morgan fingerprint density at radius 3 is 2.35 bits per heavy atom. The van der Waals surface area contributed by atoms with Gasteiger partial charge in [0.15, 0.2) is 11.5 Å². The summed E-state index contributed by atoms with van der Waals surface area (Å²) in [5.74, 6) is 1.51. The minimum Gasteiger partial charge on any atom is -0.493 e. The minimum absolute atomic E-state index is 0.147. The summed E-state index contributed by atoms with van der Waals surface area (Å²) in [6.45, 7) is 7.59. The molecule has 0 fully saturated rings. The molecule has 1 aromatic rings. The molecular weight excluding hydrogens is 254 g/mol. The first-order valence-corrected chi connectivity index (χ1v) is 7.30. The Balaban J connectivity index is 2.78. The molecule has 0 unspecified atom stereocenters. The maximum Gasteiger partial charge on any atom is 0.161 e. The fourth-order valence-corrected chi connectivity index (χ4v) is 2.17. The van der Waals surface area contributed by atoms with Gasteiger partial charge in [-0.25, -0.2) is 0 Å². The number of hydrogen-bond acceptors (Lipinski definition) is 4. The van der Waals surface area contributed by atoms with Crippen molar-refractivity contribution in [2.24, 2.45) is 0 Å². The minimum atomic E-state index is -0.203. The number of ether oxygens (including phenoxy) is 2. The summed E-state index contributed by atoms with van der Waals surface area (Å²) in [5, 5.41) is 13.0. The second-order valence-corrected chi connectivity index (χ2v) is 4.92. The van der Waals surface area contributed by atoms with E-state index in [2.05, 4.69) is 19.2 Å². The summed E-state index contributed by atoms with van der Waals surface area (Å²) in [5.41, 5.74) is 0.913. The molecule has 0 saturated heterocycles. The zero-order valence-corrected chi connectivity index (χ0v) is 13.0. The molecule has 1 rings (SSSR count). The number of aliphatic hydroxyl groups excluding tert-OH is 1. The van der Waals surface area contributed by atoms with E-state index in [4.69, 9.17) is 9.47 Å².